The molecule has 0 radical (unpaired) electrons. The Balaban J connectivity index is 1.90. The topological polar surface area (TPSA) is 81.8 Å². The van der Waals surface area contributed by atoms with Crippen LogP contribution < -0.4 is 0 Å². The van der Waals surface area contributed by atoms with E-state index >= 15 is 0 Å². The van der Waals surface area contributed by atoms with Gasteiger partial charge in [0.15, 0.2) is 5.70 Å². The van der Waals surface area contributed by atoms with Crippen LogP contribution in [0.25, 0.3) is 6.08 Å². The van der Waals surface area contributed by atoms with E-state index in [-0.39, 0.29) is 27.9 Å². The van der Waals surface area contributed by atoms with Crippen LogP contribution in [0.1, 0.15) is 11.1 Å². The lowest BCUT2D eigenvalue weighted by Gasteiger charge is -2.02. The minimum absolute atomic E-state index is 0.00611. The molecular weight excluding hydrogens is 379 g/mol. The Hall–Kier alpha value is -2.96. The third kappa shape index (κ3) is 3.99. The fraction of sp³-hybridized carbons (Fsp3) is 0. The zero-order chi connectivity index (χ0) is 18.7. The van der Waals surface area contributed by atoms with E-state index in [4.69, 9.17) is 27.9 Å². The summed E-state index contributed by atoms with van der Waals surface area (Å²) in [6, 6.07) is 13.1. The molecule has 130 valence electrons. The third-order valence-corrected chi connectivity index (χ3v) is 3.92. The molecule has 3 rings (SSSR count). The molecule has 26 heavy (non-hydrogen) atoms. The fourth-order valence-corrected chi connectivity index (χ4v) is 2.68. The molecule has 0 spiro atoms. The van der Waals surface area contributed by atoms with Crippen LogP contribution in [0.3, 0.4) is 0 Å². The first kappa shape index (κ1) is 17.8. The number of allylic oxidation sites excluding steroid dienone is 2. The Morgan fingerprint density at radius 1 is 1.19 bits per heavy atom. The van der Waals surface area contributed by atoms with Crippen molar-refractivity contribution in [2.24, 2.45) is 4.99 Å². The molecule has 0 amide bonds. The van der Waals surface area contributed by atoms with E-state index < -0.39 is 10.9 Å². The lowest BCUT2D eigenvalue weighted by Crippen LogP contribution is -2.06. The Bertz CT molecular complexity index is 982. The first-order valence-corrected chi connectivity index (χ1v) is 8.09. The molecule has 0 bridgehead atoms. The van der Waals surface area contributed by atoms with Gasteiger partial charge in [0, 0.05) is 17.2 Å². The van der Waals surface area contributed by atoms with Crippen LogP contribution >= 0.6 is 23.2 Å². The van der Waals surface area contributed by atoms with Crippen LogP contribution in [-0.2, 0) is 9.53 Å². The van der Waals surface area contributed by atoms with E-state index in [2.05, 4.69) is 4.99 Å². The van der Waals surface area contributed by atoms with Crippen LogP contribution in [0.2, 0.25) is 5.02 Å². The summed E-state index contributed by atoms with van der Waals surface area (Å²) in [5.74, 6) is -0.723. The van der Waals surface area contributed by atoms with E-state index in [1.54, 1.807) is 6.08 Å². The van der Waals surface area contributed by atoms with Crippen LogP contribution in [0.4, 0.5) is 5.69 Å². The van der Waals surface area contributed by atoms with Crippen molar-refractivity contribution < 1.29 is 14.5 Å². The summed E-state index contributed by atoms with van der Waals surface area (Å²) < 4.78 is 5.09. The maximum absolute atomic E-state index is 12.0. The second-order valence-corrected chi connectivity index (χ2v) is 6.04. The van der Waals surface area contributed by atoms with E-state index in [0.717, 1.165) is 11.6 Å². The second-order valence-electron chi connectivity index (χ2n) is 5.20. The van der Waals surface area contributed by atoms with Gasteiger partial charge in [0.1, 0.15) is 0 Å². The van der Waals surface area contributed by atoms with Crippen molar-refractivity contribution >= 4 is 46.8 Å². The van der Waals surface area contributed by atoms with E-state index in [1.165, 1.54) is 18.2 Å². The van der Waals surface area contributed by atoms with Crippen LogP contribution in [-0.4, -0.2) is 16.8 Å². The van der Waals surface area contributed by atoms with Gasteiger partial charge in [-0.15, -0.1) is 0 Å². The van der Waals surface area contributed by atoms with Gasteiger partial charge in [0.25, 0.3) is 5.69 Å². The SMILES string of the molecule is O=C1OC(c2ccc([N+](=O)[O-])cc2Cl)=N/C1=C\C(Cl)=C\c1ccccc1. The Kier molecular flexibility index (Phi) is 5.16. The number of nitro benzene ring substituents is 1. The van der Waals surface area contributed by atoms with Crippen molar-refractivity contribution in [3.8, 4) is 0 Å². The number of esters is 1. The number of non-ortho nitro benzene ring substituents is 1. The summed E-state index contributed by atoms with van der Waals surface area (Å²) in [5, 5.41) is 11.1. The first-order chi connectivity index (χ1) is 12.4. The van der Waals surface area contributed by atoms with Gasteiger partial charge in [-0.25, -0.2) is 9.79 Å². The number of ether oxygens (including phenoxy) is 1. The van der Waals surface area contributed by atoms with Gasteiger partial charge in [-0.3, -0.25) is 10.1 Å². The van der Waals surface area contributed by atoms with E-state index in [9.17, 15) is 14.9 Å². The van der Waals surface area contributed by atoms with Crippen LogP contribution in [0.15, 0.2) is 70.3 Å². The largest absolute Gasteiger partial charge is 0.402 e. The molecule has 0 aromatic heterocycles. The number of nitro groups is 1. The number of carbonyl (C=O) groups is 1. The molecule has 0 N–H and O–H groups in total. The average molecular weight is 389 g/mol. The van der Waals surface area contributed by atoms with Crippen molar-refractivity contribution in [1.82, 2.24) is 0 Å². The standard InChI is InChI=1S/C18H10Cl2N2O4/c19-12(8-11-4-2-1-3-5-11)9-16-18(23)26-17(21-16)14-7-6-13(22(24)25)10-15(14)20/h1-10H/b12-8-,16-9-. The van der Waals surface area contributed by atoms with E-state index in [1.807, 2.05) is 30.3 Å². The predicted octanol–water partition coefficient (Wildman–Crippen LogP) is 4.72. The smallest absolute Gasteiger partial charge is 0.363 e. The molecule has 6 nitrogen and oxygen atoms in total. The molecule has 2 aromatic rings. The number of benzene rings is 2. The third-order valence-electron chi connectivity index (χ3n) is 3.39. The highest BCUT2D eigenvalue weighted by Gasteiger charge is 2.26. The van der Waals surface area contributed by atoms with Gasteiger partial charge < -0.3 is 4.74 Å². The minimum atomic E-state index is -0.686. The lowest BCUT2D eigenvalue weighted by molar-refractivity contribution is -0.384. The molecule has 0 aliphatic carbocycles. The number of nitrogens with zero attached hydrogens (tertiary/aromatic N) is 2. The Morgan fingerprint density at radius 3 is 2.58 bits per heavy atom. The second kappa shape index (κ2) is 7.51. The number of rotatable bonds is 4. The number of cyclic esters (lactones) is 1. The number of hydrogen-bond donors (Lipinski definition) is 0. The summed E-state index contributed by atoms with van der Waals surface area (Å²) in [6.07, 6.45) is 3.05. The predicted molar refractivity (Wildman–Crippen MR) is 99.1 cm³/mol. The summed E-state index contributed by atoms with van der Waals surface area (Å²) in [6.45, 7) is 0. The molecule has 8 heteroatoms. The maximum Gasteiger partial charge on any atom is 0.363 e. The van der Waals surface area contributed by atoms with Crippen molar-refractivity contribution in [1.29, 1.82) is 0 Å². The average Bonchev–Trinajstić information content (AvgIpc) is 2.95. The minimum Gasteiger partial charge on any atom is -0.402 e. The molecule has 0 unspecified atom stereocenters. The molecule has 1 heterocycles. The Labute approximate surface area is 158 Å². The van der Waals surface area contributed by atoms with Crippen molar-refractivity contribution in [2.75, 3.05) is 0 Å². The number of halogens is 2. The summed E-state index contributed by atoms with van der Waals surface area (Å²) in [7, 11) is 0. The normalized spacial score (nSPS) is 15.8. The Morgan fingerprint density at radius 2 is 1.92 bits per heavy atom. The van der Waals surface area contributed by atoms with Crippen LogP contribution in [0.5, 0.6) is 0 Å². The first-order valence-electron chi connectivity index (χ1n) is 7.33. The monoisotopic (exact) mass is 388 g/mol. The highest BCUT2D eigenvalue weighted by atomic mass is 35.5. The van der Waals surface area contributed by atoms with Crippen molar-refractivity contribution in [2.45, 2.75) is 0 Å². The number of carbonyl (C=O) groups excluding carboxylic acids is 1. The molecule has 0 atom stereocenters. The molecular formula is C18H10Cl2N2O4. The van der Waals surface area contributed by atoms with Gasteiger partial charge in [-0.05, 0) is 23.8 Å². The van der Waals surface area contributed by atoms with Gasteiger partial charge in [-0.2, -0.15) is 0 Å². The molecule has 1 aliphatic rings. The van der Waals surface area contributed by atoms with E-state index in [0.29, 0.717) is 5.03 Å². The van der Waals surface area contributed by atoms with Crippen LogP contribution in [0, 0.1) is 10.1 Å². The quantitative estimate of drug-likeness (QED) is 0.328. The molecule has 0 fully saturated rings. The maximum atomic E-state index is 12.0. The van der Waals surface area contributed by atoms with Gasteiger partial charge in [0.05, 0.1) is 15.5 Å². The highest BCUT2D eigenvalue weighted by Crippen LogP contribution is 2.27. The molecule has 2 aromatic carbocycles. The lowest BCUT2D eigenvalue weighted by atomic mass is 10.2. The highest BCUT2D eigenvalue weighted by molar-refractivity contribution is 6.35. The molecule has 0 saturated carbocycles. The van der Waals surface area contributed by atoms with Crippen molar-refractivity contribution in [3.63, 3.8) is 0 Å². The molecule has 1 aliphatic heterocycles. The summed E-state index contributed by atoms with van der Waals surface area (Å²) >= 11 is 12.2. The number of hydrogen-bond acceptors (Lipinski definition) is 5. The van der Waals surface area contributed by atoms with Gasteiger partial charge >= 0.3 is 5.97 Å². The van der Waals surface area contributed by atoms with Gasteiger partial charge in [-0.1, -0.05) is 53.5 Å². The number of aliphatic imine (C=N–C) groups is 1. The summed E-state index contributed by atoms with van der Waals surface area (Å²) in [4.78, 5) is 26.3. The van der Waals surface area contributed by atoms with Crippen molar-refractivity contribution in [3.05, 3.63) is 91.6 Å². The zero-order valence-electron chi connectivity index (χ0n) is 13.1. The fourth-order valence-electron chi connectivity index (χ4n) is 2.20. The summed E-state index contributed by atoms with van der Waals surface area (Å²) in [5.41, 5.74) is 0.973. The van der Waals surface area contributed by atoms with Gasteiger partial charge in [0.2, 0.25) is 5.90 Å². The molecule has 0 saturated heterocycles. The zero-order valence-corrected chi connectivity index (χ0v) is 14.6.